The van der Waals surface area contributed by atoms with Crippen LogP contribution in [-0.2, 0) is 13.1 Å². The minimum atomic E-state index is 0.772. The van der Waals surface area contributed by atoms with Crippen LogP contribution in [0, 0.1) is 0 Å². The summed E-state index contributed by atoms with van der Waals surface area (Å²) in [5.74, 6) is 0. The van der Waals surface area contributed by atoms with Crippen molar-refractivity contribution in [1.29, 1.82) is 0 Å². The van der Waals surface area contributed by atoms with Crippen LogP contribution in [-0.4, -0.2) is 10.6 Å². The number of nitrogens with zero attached hydrogens (tertiary/aromatic N) is 1. The highest BCUT2D eigenvalue weighted by Gasteiger charge is 2.20. The molecule has 3 rings (SSSR count). The van der Waals surface area contributed by atoms with Gasteiger partial charge >= 0.3 is 0 Å². The maximum Gasteiger partial charge on any atom is 0.0567 e. The van der Waals surface area contributed by atoms with Gasteiger partial charge in [0.2, 0.25) is 0 Å². The minimum Gasteiger partial charge on any atom is -0.345 e. The number of rotatable bonds is 5. The molecule has 1 fully saturated rings. The fourth-order valence-electron chi connectivity index (χ4n) is 1.91. The lowest BCUT2D eigenvalue weighted by molar-refractivity contribution is 0.636. The fraction of sp³-hybridized carbons (Fsp3) is 0.385. The van der Waals surface area contributed by atoms with E-state index in [4.69, 9.17) is 0 Å². The van der Waals surface area contributed by atoms with Gasteiger partial charge in [-0.15, -0.1) is 11.3 Å². The molecule has 0 aromatic carbocycles. The highest BCUT2D eigenvalue weighted by Crippen LogP contribution is 2.22. The van der Waals surface area contributed by atoms with Gasteiger partial charge in [0.25, 0.3) is 0 Å². The van der Waals surface area contributed by atoms with E-state index in [0.29, 0.717) is 0 Å². The molecule has 1 N–H and O–H groups in total. The van der Waals surface area contributed by atoms with Gasteiger partial charge in [-0.1, -0.05) is 0 Å². The second-order valence-electron chi connectivity index (χ2n) is 4.51. The largest absolute Gasteiger partial charge is 0.345 e. The molecule has 1 aliphatic carbocycles. The molecule has 2 aromatic heterocycles. The minimum absolute atomic E-state index is 0.772. The average molecular weight is 311 g/mol. The molecule has 2 nitrogen and oxygen atoms in total. The van der Waals surface area contributed by atoms with Gasteiger partial charge in [-0.3, -0.25) is 0 Å². The Morgan fingerprint density at radius 3 is 3.06 bits per heavy atom. The molecule has 0 bridgehead atoms. The van der Waals surface area contributed by atoms with E-state index in [-0.39, 0.29) is 0 Å². The monoisotopic (exact) mass is 310 g/mol. The molecule has 0 saturated heterocycles. The van der Waals surface area contributed by atoms with Crippen LogP contribution in [0.4, 0.5) is 0 Å². The van der Waals surface area contributed by atoms with E-state index in [0.717, 1.165) is 19.1 Å². The first-order valence-electron chi connectivity index (χ1n) is 5.91. The Balaban J connectivity index is 1.67. The van der Waals surface area contributed by atoms with Crippen LogP contribution in [0.15, 0.2) is 34.2 Å². The van der Waals surface area contributed by atoms with Crippen molar-refractivity contribution in [1.82, 2.24) is 9.88 Å². The van der Waals surface area contributed by atoms with Crippen molar-refractivity contribution < 1.29 is 0 Å². The summed E-state index contributed by atoms with van der Waals surface area (Å²) >= 11 is 5.31. The lowest BCUT2D eigenvalue weighted by Crippen LogP contribution is -2.18. The SMILES string of the molecule is Brc1csc(Cn2cccc2CNC2CC2)c1. The Kier molecular flexibility index (Phi) is 3.36. The molecule has 2 heterocycles. The molecule has 0 spiro atoms. The van der Waals surface area contributed by atoms with Crippen LogP contribution in [0.25, 0.3) is 0 Å². The molecule has 17 heavy (non-hydrogen) atoms. The van der Waals surface area contributed by atoms with Gasteiger partial charge in [-0.05, 0) is 47.0 Å². The van der Waals surface area contributed by atoms with E-state index >= 15 is 0 Å². The summed E-state index contributed by atoms with van der Waals surface area (Å²) in [4.78, 5) is 1.39. The van der Waals surface area contributed by atoms with E-state index in [1.165, 1.54) is 27.9 Å². The predicted octanol–water partition coefficient (Wildman–Crippen LogP) is 3.61. The highest BCUT2D eigenvalue weighted by atomic mass is 79.9. The molecule has 2 aromatic rings. The summed E-state index contributed by atoms with van der Waals surface area (Å²) in [7, 11) is 0. The molecule has 90 valence electrons. The fourth-order valence-corrected chi connectivity index (χ4v) is 3.35. The van der Waals surface area contributed by atoms with Crippen molar-refractivity contribution in [3.63, 3.8) is 0 Å². The zero-order chi connectivity index (χ0) is 11.7. The zero-order valence-corrected chi connectivity index (χ0v) is 11.9. The van der Waals surface area contributed by atoms with Crippen LogP contribution in [0.5, 0.6) is 0 Å². The van der Waals surface area contributed by atoms with Crippen molar-refractivity contribution >= 4 is 27.3 Å². The van der Waals surface area contributed by atoms with Crippen LogP contribution < -0.4 is 5.32 Å². The molecular formula is C13H15BrN2S. The molecule has 1 aliphatic rings. The Morgan fingerprint density at radius 2 is 2.35 bits per heavy atom. The lowest BCUT2D eigenvalue weighted by atomic mass is 10.4. The summed E-state index contributed by atoms with van der Waals surface area (Å²) in [5.41, 5.74) is 1.38. The first kappa shape index (κ1) is 11.5. The van der Waals surface area contributed by atoms with Crippen molar-refractivity contribution in [2.45, 2.75) is 32.0 Å². The first-order chi connectivity index (χ1) is 8.31. The third-order valence-corrected chi connectivity index (χ3v) is 4.70. The van der Waals surface area contributed by atoms with Gasteiger partial charge in [0.1, 0.15) is 0 Å². The van der Waals surface area contributed by atoms with Crippen LogP contribution in [0.1, 0.15) is 23.4 Å². The van der Waals surface area contributed by atoms with Crippen molar-refractivity contribution in [2.24, 2.45) is 0 Å². The number of aromatic nitrogens is 1. The van der Waals surface area contributed by atoms with Gasteiger partial charge < -0.3 is 9.88 Å². The summed E-state index contributed by atoms with van der Waals surface area (Å²) < 4.78 is 3.51. The van der Waals surface area contributed by atoms with E-state index in [2.05, 4.69) is 55.6 Å². The third kappa shape index (κ3) is 3.00. The van der Waals surface area contributed by atoms with Crippen LogP contribution >= 0.6 is 27.3 Å². The summed E-state index contributed by atoms with van der Waals surface area (Å²) in [6.07, 6.45) is 4.86. The van der Waals surface area contributed by atoms with Gasteiger partial charge in [-0.2, -0.15) is 0 Å². The van der Waals surface area contributed by atoms with E-state index < -0.39 is 0 Å². The topological polar surface area (TPSA) is 17.0 Å². The predicted molar refractivity (Wildman–Crippen MR) is 75.4 cm³/mol. The molecule has 4 heteroatoms. The summed E-state index contributed by atoms with van der Waals surface area (Å²) in [6.45, 7) is 1.97. The van der Waals surface area contributed by atoms with Crippen LogP contribution in [0.3, 0.4) is 0 Å². The van der Waals surface area contributed by atoms with Crippen molar-refractivity contribution in [2.75, 3.05) is 0 Å². The molecule has 0 atom stereocenters. The molecular weight excluding hydrogens is 296 g/mol. The molecule has 0 radical (unpaired) electrons. The summed E-state index contributed by atoms with van der Waals surface area (Å²) in [5, 5.41) is 5.70. The van der Waals surface area contributed by atoms with E-state index in [1.54, 1.807) is 11.3 Å². The Labute approximate surface area is 114 Å². The second kappa shape index (κ2) is 4.96. The number of hydrogen-bond donors (Lipinski definition) is 1. The first-order valence-corrected chi connectivity index (χ1v) is 7.59. The zero-order valence-electron chi connectivity index (χ0n) is 9.53. The quantitative estimate of drug-likeness (QED) is 0.892. The molecule has 1 saturated carbocycles. The number of nitrogens with one attached hydrogen (secondary N) is 1. The highest BCUT2D eigenvalue weighted by molar-refractivity contribution is 9.10. The normalized spacial score (nSPS) is 15.4. The molecule has 0 unspecified atom stereocenters. The number of thiophene rings is 1. The van der Waals surface area contributed by atoms with Crippen molar-refractivity contribution in [3.8, 4) is 0 Å². The van der Waals surface area contributed by atoms with E-state index in [1.807, 2.05) is 0 Å². The van der Waals surface area contributed by atoms with Gasteiger partial charge in [0.05, 0.1) is 6.54 Å². The molecule has 0 aliphatic heterocycles. The smallest absolute Gasteiger partial charge is 0.0567 e. The second-order valence-corrected chi connectivity index (χ2v) is 6.43. The maximum absolute atomic E-state index is 3.56. The van der Waals surface area contributed by atoms with Gasteiger partial charge in [0, 0.05) is 39.2 Å². The van der Waals surface area contributed by atoms with Crippen LogP contribution in [0.2, 0.25) is 0 Å². The van der Waals surface area contributed by atoms with Gasteiger partial charge in [0.15, 0.2) is 0 Å². The lowest BCUT2D eigenvalue weighted by Gasteiger charge is -2.08. The van der Waals surface area contributed by atoms with E-state index in [9.17, 15) is 0 Å². The van der Waals surface area contributed by atoms with Gasteiger partial charge in [-0.25, -0.2) is 0 Å². The third-order valence-electron chi connectivity index (χ3n) is 3.02. The summed E-state index contributed by atoms with van der Waals surface area (Å²) in [6, 6.07) is 7.31. The van der Waals surface area contributed by atoms with Crippen molar-refractivity contribution in [3.05, 3.63) is 44.8 Å². The number of halogens is 1. The molecule has 0 amide bonds. The average Bonchev–Trinajstić information content (AvgIpc) is 2.90. The Hall–Kier alpha value is -0.580. The maximum atomic E-state index is 3.56. The Morgan fingerprint density at radius 1 is 1.47 bits per heavy atom. The Bertz CT molecular complexity index is 499. The standard InChI is InChI=1S/C13H15BrN2S/c14-10-6-13(17-9-10)8-16-5-1-2-12(16)7-15-11-3-4-11/h1-2,5-6,9,11,15H,3-4,7-8H2. The number of hydrogen-bond acceptors (Lipinski definition) is 2.